The third-order valence-corrected chi connectivity index (χ3v) is 4.24. The fourth-order valence-electron chi connectivity index (χ4n) is 1.87. The molecule has 0 spiro atoms. The van der Waals surface area contributed by atoms with Gasteiger partial charge in [0.25, 0.3) is 0 Å². The fraction of sp³-hybridized carbons (Fsp3) is 0.545. The summed E-state index contributed by atoms with van der Waals surface area (Å²) in [5, 5.41) is 3.24. The summed E-state index contributed by atoms with van der Waals surface area (Å²) < 4.78 is 0.757. The van der Waals surface area contributed by atoms with Crippen molar-refractivity contribution in [3.8, 4) is 0 Å². The first-order valence-electron chi connectivity index (χ1n) is 5.08. The number of nitrogens with one attached hydrogen (secondary N) is 1. The molecule has 1 aromatic rings. The lowest BCUT2D eigenvalue weighted by Gasteiger charge is -2.20. The van der Waals surface area contributed by atoms with Crippen LogP contribution in [0.15, 0.2) is 12.1 Å². The second-order valence-corrected chi connectivity index (χ2v) is 6.09. The number of rotatable bonds is 3. The summed E-state index contributed by atoms with van der Waals surface area (Å²) in [5.74, 6) is 0.325. The number of halogens is 1. The Labute approximate surface area is 98.6 Å². The van der Waals surface area contributed by atoms with E-state index in [0.717, 1.165) is 28.7 Å². The molecule has 0 aliphatic carbocycles. The van der Waals surface area contributed by atoms with Crippen molar-refractivity contribution >= 4 is 28.7 Å². The minimum atomic E-state index is -0.170. The molecule has 0 amide bonds. The Hall–Kier alpha value is -0.380. The van der Waals surface area contributed by atoms with Gasteiger partial charge in [-0.25, -0.2) is 0 Å². The lowest BCUT2D eigenvalue weighted by molar-refractivity contribution is -0.126. The Balaban J connectivity index is 2.03. The van der Waals surface area contributed by atoms with Crippen molar-refractivity contribution in [2.75, 3.05) is 13.1 Å². The molecule has 1 aliphatic rings. The first kappa shape index (κ1) is 11.1. The van der Waals surface area contributed by atoms with Crippen LogP contribution in [-0.4, -0.2) is 18.9 Å². The van der Waals surface area contributed by atoms with E-state index in [1.54, 1.807) is 0 Å². The predicted molar refractivity (Wildman–Crippen MR) is 63.6 cm³/mol. The highest BCUT2D eigenvalue weighted by molar-refractivity contribution is 7.16. The molecule has 1 unspecified atom stereocenters. The maximum Gasteiger partial charge on any atom is 0.145 e. The molecule has 1 atom stereocenters. The van der Waals surface area contributed by atoms with E-state index < -0.39 is 0 Å². The maximum atomic E-state index is 12.1. The van der Waals surface area contributed by atoms with Gasteiger partial charge in [-0.1, -0.05) is 18.5 Å². The highest BCUT2D eigenvalue weighted by Gasteiger charge is 2.35. The minimum Gasteiger partial charge on any atom is -0.316 e. The largest absolute Gasteiger partial charge is 0.316 e. The first-order valence-corrected chi connectivity index (χ1v) is 6.28. The molecule has 0 aromatic carbocycles. The predicted octanol–water partition coefficient (Wildman–Crippen LogP) is 2.51. The molecule has 2 nitrogen and oxygen atoms in total. The van der Waals surface area contributed by atoms with Gasteiger partial charge in [-0.05, 0) is 25.1 Å². The van der Waals surface area contributed by atoms with E-state index in [9.17, 15) is 4.79 Å². The van der Waals surface area contributed by atoms with E-state index in [2.05, 4.69) is 5.32 Å². The Morgan fingerprint density at radius 2 is 2.47 bits per heavy atom. The summed E-state index contributed by atoms with van der Waals surface area (Å²) in [6, 6.07) is 3.79. The van der Waals surface area contributed by atoms with Gasteiger partial charge in [0.1, 0.15) is 5.78 Å². The van der Waals surface area contributed by atoms with Crippen LogP contribution in [-0.2, 0) is 11.2 Å². The zero-order valence-electron chi connectivity index (χ0n) is 8.68. The van der Waals surface area contributed by atoms with Gasteiger partial charge in [-0.3, -0.25) is 4.79 Å². The van der Waals surface area contributed by atoms with E-state index in [4.69, 9.17) is 11.6 Å². The van der Waals surface area contributed by atoms with Gasteiger partial charge in [-0.2, -0.15) is 0 Å². The molecule has 1 aromatic heterocycles. The van der Waals surface area contributed by atoms with E-state index in [1.165, 1.54) is 11.3 Å². The standard InChI is InChI=1S/C11H14ClNOS/c1-11(4-5-13-7-11)9(14)6-8-2-3-10(12)15-8/h2-3,13H,4-7H2,1H3. The number of carbonyl (C=O) groups excluding carboxylic acids is 1. The van der Waals surface area contributed by atoms with Crippen LogP contribution >= 0.6 is 22.9 Å². The average molecular weight is 244 g/mol. The van der Waals surface area contributed by atoms with Crippen molar-refractivity contribution in [3.05, 3.63) is 21.3 Å². The molecule has 0 bridgehead atoms. The number of thiophene rings is 1. The molecular formula is C11H14ClNOS. The molecule has 4 heteroatoms. The van der Waals surface area contributed by atoms with Crippen LogP contribution in [0.3, 0.4) is 0 Å². The fourth-order valence-corrected chi connectivity index (χ4v) is 2.96. The molecule has 0 radical (unpaired) electrons. The Bertz CT molecular complexity index is 368. The molecule has 0 saturated carbocycles. The summed E-state index contributed by atoms with van der Waals surface area (Å²) >= 11 is 7.33. The molecule has 2 rings (SSSR count). The third-order valence-electron chi connectivity index (χ3n) is 3.01. The SMILES string of the molecule is CC1(C(=O)Cc2ccc(Cl)s2)CCNC1. The number of carbonyl (C=O) groups is 1. The van der Waals surface area contributed by atoms with Crippen molar-refractivity contribution in [1.29, 1.82) is 0 Å². The third kappa shape index (κ3) is 2.41. The molecule has 1 saturated heterocycles. The van der Waals surface area contributed by atoms with Gasteiger partial charge in [0, 0.05) is 23.3 Å². The second kappa shape index (κ2) is 4.24. The van der Waals surface area contributed by atoms with Crippen LogP contribution in [0.25, 0.3) is 0 Å². The molecule has 1 aliphatic heterocycles. The lowest BCUT2D eigenvalue weighted by Crippen LogP contribution is -2.31. The van der Waals surface area contributed by atoms with Crippen molar-refractivity contribution in [3.63, 3.8) is 0 Å². The number of ketones is 1. The van der Waals surface area contributed by atoms with Crippen molar-refractivity contribution in [2.45, 2.75) is 19.8 Å². The highest BCUT2D eigenvalue weighted by atomic mass is 35.5. The molecular weight excluding hydrogens is 230 g/mol. The van der Waals surface area contributed by atoms with Crippen LogP contribution < -0.4 is 5.32 Å². The quantitative estimate of drug-likeness (QED) is 0.884. The van der Waals surface area contributed by atoms with E-state index >= 15 is 0 Å². The van der Waals surface area contributed by atoms with E-state index in [-0.39, 0.29) is 5.41 Å². The Morgan fingerprint density at radius 1 is 1.67 bits per heavy atom. The summed E-state index contributed by atoms with van der Waals surface area (Å²) in [7, 11) is 0. The van der Waals surface area contributed by atoms with Gasteiger partial charge in [0.15, 0.2) is 0 Å². The Kier molecular flexibility index (Phi) is 3.14. The van der Waals surface area contributed by atoms with Crippen molar-refractivity contribution < 1.29 is 4.79 Å². The monoisotopic (exact) mass is 243 g/mol. The molecule has 15 heavy (non-hydrogen) atoms. The topological polar surface area (TPSA) is 29.1 Å². The molecule has 82 valence electrons. The minimum absolute atomic E-state index is 0.170. The first-order chi connectivity index (χ1) is 7.10. The van der Waals surface area contributed by atoms with Crippen LogP contribution in [0.5, 0.6) is 0 Å². The molecule has 1 fully saturated rings. The lowest BCUT2D eigenvalue weighted by atomic mass is 9.83. The molecule has 1 N–H and O–H groups in total. The second-order valence-electron chi connectivity index (χ2n) is 4.29. The van der Waals surface area contributed by atoms with E-state index in [1.807, 2.05) is 19.1 Å². The number of Topliss-reactive ketones (excluding diaryl/α,β-unsaturated/α-hetero) is 1. The highest BCUT2D eigenvalue weighted by Crippen LogP contribution is 2.29. The van der Waals surface area contributed by atoms with Gasteiger partial charge in [0.05, 0.1) is 4.34 Å². The summed E-state index contributed by atoms with van der Waals surface area (Å²) in [6.07, 6.45) is 1.47. The summed E-state index contributed by atoms with van der Waals surface area (Å²) in [5.41, 5.74) is -0.170. The maximum absolute atomic E-state index is 12.1. The summed E-state index contributed by atoms with van der Waals surface area (Å²) in [4.78, 5) is 13.1. The zero-order valence-corrected chi connectivity index (χ0v) is 10.3. The van der Waals surface area contributed by atoms with E-state index in [0.29, 0.717) is 12.2 Å². The Morgan fingerprint density at radius 3 is 3.00 bits per heavy atom. The van der Waals surface area contributed by atoms with Crippen LogP contribution in [0.1, 0.15) is 18.2 Å². The van der Waals surface area contributed by atoms with Crippen molar-refractivity contribution in [2.24, 2.45) is 5.41 Å². The average Bonchev–Trinajstić information content (AvgIpc) is 2.76. The normalized spacial score (nSPS) is 25.7. The van der Waals surface area contributed by atoms with Crippen molar-refractivity contribution in [1.82, 2.24) is 5.32 Å². The summed E-state index contributed by atoms with van der Waals surface area (Å²) in [6.45, 7) is 3.81. The smallest absolute Gasteiger partial charge is 0.145 e. The van der Waals surface area contributed by atoms with Gasteiger partial charge < -0.3 is 5.32 Å². The van der Waals surface area contributed by atoms with Gasteiger partial charge in [-0.15, -0.1) is 11.3 Å². The van der Waals surface area contributed by atoms with Crippen LogP contribution in [0.2, 0.25) is 4.34 Å². The van der Waals surface area contributed by atoms with Crippen LogP contribution in [0, 0.1) is 5.41 Å². The van der Waals surface area contributed by atoms with Gasteiger partial charge >= 0.3 is 0 Å². The number of hydrogen-bond donors (Lipinski definition) is 1. The van der Waals surface area contributed by atoms with Gasteiger partial charge in [0.2, 0.25) is 0 Å². The van der Waals surface area contributed by atoms with Crippen LogP contribution in [0.4, 0.5) is 0 Å². The zero-order chi connectivity index (χ0) is 10.9. The molecule has 2 heterocycles. The number of hydrogen-bond acceptors (Lipinski definition) is 3.